The first-order valence-corrected chi connectivity index (χ1v) is 8.76. The number of aromatic nitrogens is 1. The van der Waals surface area contributed by atoms with Crippen LogP contribution in [0.4, 0.5) is 11.5 Å². The van der Waals surface area contributed by atoms with E-state index in [1.165, 1.54) is 24.5 Å². The van der Waals surface area contributed by atoms with E-state index in [1.54, 1.807) is 12.3 Å². The summed E-state index contributed by atoms with van der Waals surface area (Å²) in [4.78, 5) is 17.3. The molecular formula is C19H24N4O2. The van der Waals surface area contributed by atoms with Gasteiger partial charge in [-0.1, -0.05) is 31.2 Å². The standard InChI is InChI=1S/C19H24N4O2/c1-15-6-5-11-22(13-15)14-17-8-3-2-7-16(17)12-21-19-18(23(24)25)9-4-10-20-19/h2-4,7-10,15H,5-6,11-14H2,1H3,(H,20,21). The summed E-state index contributed by atoms with van der Waals surface area (Å²) < 4.78 is 0. The normalized spacial score (nSPS) is 18.0. The molecule has 0 amide bonds. The molecule has 0 radical (unpaired) electrons. The summed E-state index contributed by atoms with van der Waals surface area (Å²) in [5.74, 6) is 1.06. The van der Waals surface area contributed by atoms with Crippen LogP contribution < -0.4 is 5.32 Å². The van der Waals surface area contributed by atoms with E-state index in [2.05, 4.69) is 40.3 Å². The fraction of sp³-hybridized carbons (Fsp3) is 0.421. The third-order valence-corrected chi connectivity index (χ3v) is 4.68. The number of nitrogens with one attached hydrogen (secondary N) is 1. The summed E-state index contributed by atoms with van der Waals surface area (Å²) in [5.41, 5.74) is 2.42. The van der Waals surface area contributed by atoms with Crippen molar-refractivity contribution in [1.82, 2.24) is 9.88 Å². The Morgan fingerprint density at radius 2 is 2.08 bits per heavy atom. The molecule has 0 spiro atoms. The van der Waals surface area contributed by atoms with Crippen LogP contribution in [-0.4, -0.2) is 27.9 Å². The summed E-state index contributed by atoms with van der Waals surface area (Å²) in [7, 11) is 0. The molecule has 1 aromatic heterocycles. The topological polar surface area (TPSA) is 71.3 Å². The smallest absolute Gasteiger partial charge is 0.311 e. The number of rotatable bonds is 6. The Bertz CT molecular complexity index is 735. The maximum Gasteiger partial charge on any atom is 0.311 e. The van der Waals surface area contributed by atoms with Gasteiger partial charge in [0.15, 0.2) is 0 Å². The van der Waals surface area contributed by atoms with Crippen molar-refractivity contribution in [1.29, 1.82) is 0 Å². The molecular weight excluding hydrogens is 316 g/mol. The van der Waals surface area contributed by atoms with Crippen molar-refractivity contribution in [2.24, 2.45) is 5.92 Å². The second kappa shape index (κ2) is 8.07. The van der Waals surface area contributed by atoms with Crippen LogP contribution in [0.3, 0.4) is 0 Å². The summed E-state index contributed by atoms with van der Waals surface area (Å²) >= 11 is 0. The second-order valence-electron chi connectivity index (χ2n) is 6.73. The zero-order valence-electron chi connectivity index (χ0n) is 14.5. The molecule has 1 aliphatic heterocycles. The van der Waals surface area contributed by atoms with Gasteiger partial charge in [-0.05, 0) is 42.5 Å². The Kier molecular flexibility index (Phi) is 5.60. The minimum atomic E-state index is -0.406. The van der Waals surface area contributed by atoms with Crippen LogP contribution in [0.2, 0.25) is 0 Å². The summed E-state index contributed by atoms with van der Waals surface area (Å²) in [5, 5.41) is 14.2. The van der Waals surface area contributed by atoms with Crippen LogP contribution in [0.1, 0.15) is 30.9 Å². The highest BCUT2D eigenvalue weighted by atomic mass is 16.6. The zero-order chi connectivity index (χ0) is 17.6. The van der Waals surface area contributed by atoms with E-state index in [0.717, 1.165) is 31.1 Å². The van der Waals surface area contributed by atoms with Crippen LogP contribution in [0, 0.1) is 16.0 Å². The average Bonchev–Trinajstić information content (AvgIpc) is 2.61. The van der Waals surface area contributed by atoms with Crippen LogP contribution in [0.25, 0.3) is 0 Å². The molecule has 0 bridgehead atoms. The highest BCUT2D eigenvalue weighted by Crippen LogP contribution is 2.23. The highest BCUT2D eigenvalue weighted by Gasteiger charge is 2.18. The minimum Gasteiger partial charge on any atom is -0.360 e. The number of pyridine rings is 1. The van der Waals surface area contributed by atoms with Crippen molar-refractivity contribution >= 4 is 11.5 Å². The third kappa shape index (κ3) is 4.54. The Balaban J connectivity index is 1.70. The van der Waals surface area contributed by atoms with Crippen LogP contribution in [0.15, 0.2) is 42.6 Å². The van der Waals surface area contributed by atoms with Gasteiger partial charge in [-0.25, -0.2) is 4.98 Å². The molecule has 1 aliphatic rings. The fourth-order valence-corrected chi connectivity index (χ4v) is 3.41. The van der Waals surface area contributed by atoms with Crippen molar-refractivity contribution in [3.05, 3.63) is 63.8 Å². The fourth-order valence-electron chi connectivity index (χ4n) is 3.41. The van der Waals surface area contributed by atoms with Crippen molar-refractivity contribution in [3.63, 3.8) is 0 Å². The Hall–Kier alpha value is -2.47. The quantitative estimate of drug-likeness (QED) is 0.639. The molecule has 2 heterocycles. The van der Waals surface area contributed by atoms with Crippen LogP contribution >= 0.6 is 0 Å². The molecule has 1 unspecified atom stereocenters. The Morgan fingerprint density at radius 1 is 1.28 bits per heavy atom. The van der Waals surface area contributed by atoms with Crippen LogP contribution in [0.5, 0.6) is 0 Å². The molecule has 1 saturated heterocycles. The summed E-state index contributed by atoms with van der Waals surface area (Å²) in [6.07, 6.45) is 4.13. The van der Waals surface area contributed by atoms with Gasteiger partial charge < -0.3 is 5.32 Å². The first-order chi connectivity index (χ1) is 12.1. The van der Waals surface area contributed by atoms with E-state index < -0.39 is 4.92 Å². The zero-order valence-corrected chi connectivity index (χ0v) is 14.5. The highest BCUT2D eigenvalue weighted by molar-refractivity contribution is 5.55. The Labute approximate surface area is 148 Å². The summed E-state index contributed by atoms with van der Waals surface area (Å²) in [6.45, 7) is 6.02. The molecule has 3 rings (SSSR count). The lowest BCUT2D eigenvalue weighted by atomic mass is 9.99. The first kappa shape index (κ1) is 17.4. The largest absolute Gasteiger partial charge is 0.360 e. The third-order valence-electron chi connectivity index (χ3n) is 4.68. The van der Waals surface area contributed by atoms with Crippen molar-refractivity contribution in [2.75, 3.05) is 18.4 Å². The molecule has 1 atom stereocenters. The van der Waals surface area contributed by atoms with E-state index in [4.69, 9.17) is 0 Å². The molecule has 6 nitrogen and oxygen atoms in total. The van der Waals surface area contributed by atoms with Gasteiger partial charge >= 0.3 is 5.69 Å². The lowest BCUT2D eigenvalue weighted by molar-refractivity contribution is -0.384. The van der Waals surface area contributed by atoms with E-state index in [9.17, 15) is 10.1 Å². The lowest BCUT2D eigenvalue weighted by Crippen LogP contribution is -2.34. The second-order valence-corrected chi connectivity index (χ2v) is 6.73. The molecule has 0 aliphatic carbocycles. The number of hydrogen-bond donors (Lipinski definition) is 1. The SMILES string of the molecule is CC1CCCN(Cc2ccccc2CNc2ncccc2[N+](=O)[O-])C1. The molecule has 2 aromatic rings. The number of benzene rings is 1. The lowest BCUT2D eigenvalue weighted by Gasteiger charge is -2.31. The van der Waals surface area contributed by atoms with Crippen molar-refractivity contribution < 1.29 is 4.92 Å². The predicted molar refractivity (Wildman–Crippen MR) is 98.3 cm³/mol. The molecule has 1 aromatic carbocycles. The maximum absolute atomic E-state index is 11.1. The van der Waals surface area contributed by atoms with Gasteiger partial charge in [0.25, 0.3) is 0 Å². The van der Waals surface area contributed by atoms with Crippen LogP contribution in [-0.2, 0) is 13.1 Å². The minimum absolute atomic E-state index is 0.00448. The number of nitro groups is 1. The van der Waals surface area contributed by atoms with E-state index >= 15 is 0 Å². The van der Waals surface area contributed by atoms with Gasteiger partial charge in [0.2, 0.25) is 5.82 Å². The molecule has 132 valence electrons. The van der Waals surface area contributed by atoms with Gasteiger partial charge in [-0.3, -0.25) is 15.0 Å². The molecule has 25 heavy (non-hydrogen) atoms. The van der Waals surface area contributed by atoms with Gasteiger partial charge in [-0.15, -0.1) is 0 Å². The Morgan fingerprint density at radius 3 is 2.84 bits per heavy atom. The van der Waals surface area contributed by atoms with Crippen molar-refractivity contribution in [3.8, 4) is 0 Å². The number of nitrogens with zero attached hydrogens (tertiary/aromatic N) is 3. The van der Waals surface area contributed by atoms with Gasteiger partial charge in [-0.2, -0.15) is 0 Å². The number of anilines is 1. The number of hydrogen-bond acceptors (Lipinski definition) is 5. The predicted octanol–water partition coefficient (Wildman–Crippen LogP) is 3.83. The van der Waals surface area contributed by atoms with E-state index in [1.807, 2.05) is 6.07 Å². The molecule has 6 heteroatoms. The van der Waals surface area contributed by atoms with Crippen molar-refractivity contribution in [2.45, 2.75) is 32.9 Å². The molecule has 0 saturated carbocycles. The summed E-state index contributed by atoms with van der Waals surface area (Å²) in [6, 6.07) is 11.3. The van der Waals surface area contributed by atoms with Gasteiger partial charge in [0.05, 0.1) is 4.92 Å². The van der Waals surface area contributed by atoms with E-state index in [-0.39, 0.29) is 5.69 Å². The molecule has 1 fully saturated rings. The first-order valence-electron chi connectivity index (χ1n) is 8.76. The number of piperidine rings is 1. The maximum atomic E-state index is 11.1. The van der Waals surface area contributed by atoms with Gasteiger partial charge in [0.1, 0.15) is 0 Å². The number of likely N-dealkylation sites (tertiary alicyclic amines) is 1. The monoisotopic (exact) mass is 340 g/mol. The van der Waals surface area contributed by atoms with E-state index in [0.29, 0.717) is 12.4 Å². The average molecular weight is 340 g/mol. The molecule has 1 N–H and O–H groups in total. The van der Waals surface area contributed by atoms with Gasteiger partial charge in [0, 0.05) is 31.9 Å².